The molecule has 0 spiro atoms. The molecule has 0 bridgehead atoms. The fourth-order valence-electron chi connectivity index (χ4n) is 2.59. The monoisotopic (exact) mass is 390 g/mol. The second-order valence-corrected chi connectivity index (χ2v) is 7.21. The van der Waals surface area contributed by atoms with Gasteiger partial charge in [0, 0.05) is 29.5 Å². The van der Waals surface area contributed by atoms with Crippen molar-refractivity contribution in [1.82, 2.24) is 10.2 Å². The molecule has 2 heterocycles. The molecule has 2 aromatic rings. The predicted molar refractivity (Wildman–Crippen MR) is 106 cm³/mol. The van der Waals surface area contributed by atoms with Crippen LogP contribution in [0.2, 0.25) is 0 Å². The number of rotatable bonds is 7. The van der Waals surface area contributed by atoms with E-state index < -0.39 is 0 Å². The Balaban J connectivity index is 1.69. The number of carbonyl (C=O) groups excluding carboxylic acids is 1. The average Bonchev–Trinajstić information content (AvgIpc) is 3.19. The molecule has 0 radical (unpaired) electrons. The molecule has 1 aliphatic rings. The lowest BCUT2D eigenvalue weighted by Crippen LogP contribution is -2.32. The van der Waals surface area contributed by atoms with E-state index in [0.29, 0.717) is 30.6 Å². The Bertz CT molecular complexity index is 830. The van der Waals surface area contributed by atoms with E-state index in [0.717, 1.165) is 21.7 Å². The van der Waals surface area contributed by atoms with Crippen LogP contribution in [0.1, 0.15) is 18.2 Å². The van der Waals surface area contributed by atoms with Crippen LogP contribution in [0.5, 0.6) is 0 Å². The summed E-state index contributed by atoms with van der Waals surface area (Å²) in [5.41, 5.74) is 1.42. The van der Waals surface area contributed by atoms with Gasteiger partial charge in [-0.2, -0.15) is 0 Å². The molecular weight excluding hydrogens is 371 g/mol. The maximum Gasteiger partial charge on any atom is 0.276 e. The molecule has 0 saturated carbocycles. The van der Waals surface area contributed by atoms with Crippen LogP contribution in [-0.2, 0) is 9.53 Å². The van der Waals surface area contributed by atoms with E-state index in [2.05, 4.69) is 5.32 Å². The minimum atomic E-state index is -0.258. The predicted octanol–water partition coefficient (Wildman–Crippen LogP) is 4.04. The minimum absolute atomic E-state index is 0.122. The van der Waals surface area contributed by atoms with Crippen LogP contribution < -0.4 is 5.32 Å². The van der Waals surface area contributed by atoms with Gasteiger partial charge in [0.2, 0.25) is 0 Å². The summed E-state index contributed by atoms with van der Waals surface area (Å²) in [6, 6.07) is 10.3. The highest BCUT2D eigenvalue weighted by Crippen LogP contribution is 2.30. The molecule has 136 valence electrons. The first-order valence-electron chi connectivity index (χ1n) is 8.36. The Hall–Kier alpha value is -2.09. The lowest BCUT2D eigenvalue weighted by molar-refractivity contribution is -0.122. The first kappa shape index (κ1) is 18.7. The van der Waals surface area contributed by atoms with E-state index in [1.165, 1.54) is 23.5 Å². The molecule has 1 aromatic heterocycles. The van der Waals surface area contributed by atoms with Crippen LogP contribution in [0.15, 0.2) is 42.1 Å². The smallest absolute Gasteiger partial charge is 0.276 e. The number of ether oxygens (including phenoxy) is 1. The number of nitrogens with one attached hydrogen (secondary N) is 1. The van der Waals surface area contributed by atoms with Gasteiger partial charge in [-0.3, -0.25) is 9.69 Å². The number of benzene rings is 1. The Morgan fingerprint density at radius 2 is 2.04 bits per heavy atom. The summed E-state index contributed by atoms with van der Waals surface area (Å²) in [6.45, 7) is 3.74. The minimum Gasteiger partial charge on any atom is -0.382 e. The first-order valence-corrected chi connectivity index (χ1v) is 9.59. The number of hydrogen-bond donors (Lipinski definition) is 1. The molecule has 1 N–H and O–H groups in total. The van der Waals surface area contributed by atoms with Gasteiger partial charge in [0.25, 0.3) is 5.91 Å². The zero-order valence-corrected chi connectivity index (χ0v) is 16.0. The molecule has 26 heavy (non-hydrogen) atoms. The SMILES string of the molecule is CCOCCCN1C(=O)/C(=C\c2ccc(-c3ccc(F)cc3)s2)NC1=S. The second-order valence-electron chi connectivity index (χ2n) is 5.70. The van der Waals surface area contributed by atoms with Crippen molar-refractivity contribution in [2.24, 2.45) is 0 Å². The van der Waals surface area contributed by atoms with Crippen molar-refractivity contribution in [3.05, 3.63) is 52.8 Å². The van der Waals surface area contributed by atoms with Crippen LogP contribution in [-0.4, -0.2) is 35.7 Å². The van der Waals surface area contributed by atoms with Gasteiger partial charge in [-0.1, -0.05) is 12.1 Å². The van der Waals surface area contributed by atoms with Gasteiger partial charge in [0.05, 0.1) is 0 Å². The van der Waals surface area contributed by atoms with E-state index >= 15 is 0 Å². The van der Waals surface area contributed by atoms with Gasteiger partial charge < -0.3 is 10.1 Å². The van der Waals surface area contributed by atoms with Gasteiger partial charge in [0.15, 0.2) is 5.11 Å². The summed E-state index contributed by atoms with van der Waals surface area (Å²) in [5, 5.41) is 3.41. The number of thiocarbonyl (C=S) groups is 1. The third-order valence-corrected chi connectivity index (χ3v) is 5.28. The summed E-state index contributed by atoms with van der Waals surface area (Å²) in [6.07, 6.45) is 2.54. The molecule has 1 aromatic carbocycles. The van der Waals surface area contributed by atoms with Gasteiger partial charge in [-0.05, 0) is 61.5 Å². The van der Waals surface area contributed by atoms with Crippen molar-refractivity contribution >= 4 is 40.7 Å². The Kier molecular flexibility index (Phi) is 6.13. The number of hydrogen-bond acceptors (Lipinski definition) is 4. The van der Waals surface area contributed by atoms with Gasteiger partial charge in [0.1, 0.15) is 11.5 Å². The third-order valence-electron chi connectivity index (χ3n) is 3.88. The number of halogens is 1. The van der Waals surface area contributed by atoms with Crippen LogP contribution in [0.3, 0.4) is 0 Å². The highest BCUT2D eigenvalue weighted by Gasteiger charge is 2.30. The molecule has 1 saturated heterocycles. The quantitative estimate of drug-likeness (QED) is 0.440. The van der Waals surface area contributed by atoms with Gasteiger partial charge >= 0.3 is 0 Å². The normalized spacial score (nSPS) is 15.8. The van der Waals surface area contributed by atoms with E-state index in [1.54, 1.807) is 23.1 Å². The number of thiophene rings is 1. The topological polar surface area (TPSA) is 41.6 Å². The maximum atomic E-state index is 13.0. The van der Waals surface area contributed by atoms with E-state index in [-0.39, 0.29) is 11.7 Å². The largest absolute Gasteiger partial charge is 0.382 e. The van der Waals surface area contributed by atoms with Crippen LogP contribution in [0.25, 0.3) is 16.5 Å². The van der Waals surface area contributed by atoms with E-state index in [4.69, 9.17) is 17.0 Å². The summed E-state index contributed by atoms with van der Waals surface area (Å²) < 4.78 is 18.3. The molecule has 1 aliphatic heterocycles. The Morgan fingerprint density at radius 1 is 1.27 bits per heavy atom. The fourth-order valence-corrected chi connectivity index (χ4v) is 3.83. The van der Waals surface area contributed by atoms with E-state index in [1.807, 2.05) is 19.1 Å². The van der Waals surface area contributed by atoms with Crippen molar-refractivity contribution in [3.8, 4) is 10.4 Å². The van der Waals surface area contributed by atoms with Gasteiger partial charge in [-0.25, -0.2) is 4.39 Å². The first-order chi connectivity index (χ1) is 12.6. The molecule has 1 amide bonds. The Morgan fingerprint density at radius 3 is 2.77 bits per heavy atom. The Labute approximate surface area is 161 Å². The highest BCUT2D eigenvalue weighted by atomic mass is 32.1. The molecule has 0 unspecified atom stereocenters. The van der Waals surface area contributed by atoms with Crippen molar-refractivity contribution in [2.45, 2.75) is 13.3 Å². The van der Waals surface area contributed by atoms with Crippen molar-refractivity contribution in [3.63, 3.8) is 0 Å². The summed E-state index contributed by atoms with van der Waals surface area (Å²) >= 11 is 6.80. The molecule has 7 heteroatoms. The van der Waals surface area contributed by atoms with Crippen molar-refractivity contribution < 1.29 is 13.9 Å². The van der Waals surface area contributed by atoms with E-state index in [9.17, 15) is 9.18 Å². The molecule has 3 rings (SSSR count). The highest BCUT2D eigenvalue weighted by molar-refractivity contribution is 7.80. The standard InChI is InChI=1S/C19H19FN2O2S2/c1-2-24-11-3-10-22-18(23)16(21-19(22)25)12-15-8-9-17(26-15)13-4-6-14(20)7-5-13/h4-9,12H,2-3,10-11H2,1H3,(H,21,25)/b16-12+. The molecular formula is C19H19FN2O2S2. The van der Waals surface area contributed by atoms with Crippen LogP contribution in [0, 0.1) is 5.82 Å². The van der Waals surface area contributed by atoms with Crippen LogP contribution >= 0.6 is 23.6 Å². The lowest BCUT2D eigenvalue weighted by atomic mass is 10.2. The molecule has 1 fully saturated rings. The van der Waals surface area contributed by atoms with Crippen LogP contribution in [0.4, 0.5) is 4.39 Å². The number of amides is 1. The molecule has 0 atom stereocenters. The molecule has 0 aliphatic carbocycles. The molecule has 4 nitrogen and oxygen atoms in total. The average molecular weight is 391 g/mol. The summed E-state index contributed by atoms with van der Waals surface area (Å²) in [4.78, 5) is 16.0. The number of nitrogens with zero attached hydrogens (tertiary/aromatic N) is 1. The summed E-state index contributed by atoms with van der Waals surface area (Å²) in [7, 11) is 0. The summed E-state index contributed by atoms with van der Waals surface area (Å²) in [5.74, 6) is -0.380. The van der Waals surface area contributed by atoms with Crippen molar-refractivity contribution in [2.75, 3.05) is 19.8 Å². The van der Waals surface area contributed by atoms with Gasteiger partial charge in [-0.15, -0.1) is 11.3 Å². The zero-order valence-electron chi connectivity index (χ0n) is 14.3. The third kappa shape index (κ3) is 4.35. The fraction of sp³-hybridized carbons (Fsp3) is 0.263. The maximum absolute atomic E-state index is 13.0. The lowest BCUT2D eigenvalue weighted by Gasteiger charge is -2.13. The number of carbonyl (C=O) groups is 1. The second kappa shape index (κ2) is 8.53. The zero-order chi connectivity index (χ0) is 18.5. The van der Waals surface area contributed by atoms with Crippen molar-refractivity contribution in [1.29, 1.82) is 0 Å².